The normalized spacial score (nSPS) is 10.2. The highest BCUT2D eigenvalue weighted by Crippen LogP contribution is 2.32. The third-order valence-corrected chi connectivity index (χ3v) is 3.78. The molecule has 2 rings (SSSR count). The van der Waals surface area contributed by atoms with Crippen molar-refractivity contribution in [3.8, 4) is 5.75 Å². The van der Waals surface area contributed by atoms with Crippen molar-refractivity contribution in [3.63, 3.8) is 0 Å². The van der Waals surface area contributed by atoms with E-state index in [1.807, 2.05) is 24.3 Å². The van der Waals surface area contributed by atoms with Crippen LogP contribution in [0, 0.1) is 3.57 Å². The van der Waals surface area contributed by atoms with Gasteiger partial charge in [0.25, 0.3) is 5.91 Å². The highest BCUT2D eigenvalue weighted by Gasteiger charge is 2.16. The Bertz CT molecular complexity index is 644. The van der Waals surface area contributed by atoms with Crippen molar-refractivity contribution >= 4 is 57.4 Å². The lowest BCUT2D eigenvalue weighted by atomic mass is 10.1. The van der Waals surface area contributed by atoms with Crippen LogP contribution in [0.5, 0.6) is 5.75 Å². The van der Waals surface area contributed by atoms with Crippen molar-refractivity contribution < 1.29 is 9.53 Å². The molecule has 2 aromatic rings. The largest absolute Gasteiger partial charge is 0.494 e. The number of carbonyl (C=O) groups is 1. The van der Waals surface area contributed by atoms with E-state index in [0.717, 1.165) is 3.57 Å². The monoisotopic (exact) mass is 421 g/mol. The Morgan fingerprint density at radius 3 is 2.45 bits per heavy atom. The maximum Gasteiger partial charge on any atom is 0.259 e. The van der Waals surface area contributed by atoms with Crippen LogP contribution < -0.4 is 10.1 Å². The van der Waals surface area contributed by atoms with Crippen molar-refractivity contribution in [2.24, 2.45) is 0 Å². The van der Waals surface area contributed by atoms with E-state index in [1.54, 1.807) is 0 Å². The van der Waals surface area contributed by atoms with E-state index in [2.05, 4.69) is 27.9 Å². The molecule has 0 aromatic heterocycles. The standard InChI is InChI=1S/C14H10Cl2INO2/c1-20-13-11(6-8(15)7-12(13)16)14(19)18-10-4-2-9(17)3-5-10/h2-7H,1H3,(H,18,19). The molecule has 104 valence electrons. The molecule has 0 aliphatic heterocycles. The lowest BCUT2D eigenvalue weighted by Gasteiger charge is -2.11. The van der Waals surface area contributed by atoms with Gasteiger partial charge < -0.3 is 10.1 Å². The molecule has 2 aromatic carbocycles. The number of hydrogen-bond donors (Lipinski definition) is 1. The van der Waals surface area contributed by atoms with Crippen LogP contribution in [0.1, 0.15) is 10.4 Å². The molecular weight excluding hydrogens is 412 g/mol. The van der Waals surface area contributed by atoms with Crippen LogP contribution in [0.3, 0.4) is 0 Å². The average molecular weight is 422 g/mol. The molecule has 6 heteroatoms. The van der Waals surface area contributed by atoms with Gasteiger partial charge in [0.1, 0.15) is 5.75 Å². The van der Waals surface area contributed by atoms with Gasteiger partial charge >= 0.3 is 0 Å². The summed E-state index contributed by atoms with van der Waals surface area (Å²) in [6.45, 7) is 0. The number of nitrogens with one attached hydrogen (secondary N) is 1. The average Bonchev–Trinajstić information content (AvgIpc) is 2.40. The molecule has 20 heavy (non-hydrogen) atoms. The SMILES string of the molecule is COc1c(Cl)cc(Cl)cc1C(=O)Nc1ccc(I)cc1. The maximum absolute atomic E-state index is 12.3. The van der Waals surface area contributed by atoms with Crippen LogP contribution in [-0.4, -0.2) is 13.0 Å². The summed E-state index contributed by atoms with van der Waals surface area (Å²) in [4.78, 5) is 12.3. The molecule has 0 radical (unpaired) electrons. The summed E-state index contributed by atoms with van der Waals surface area (Å²) in [5.41, 5.74) is 0.983. The Hall–Kier alpha value is -0.980. The van der Waals surface area contributed by atoms with E-state index in [-0.39, 0.29) is 5.91 Å². The fourth-order valence-electron chi connectivity index (χ4n) is 1.67. The minimum Gasteiger partial charge on any atom is -0.494 e. The number of rotatable bonds is 3. The zero-order valence-electron chi connectivity index (χ0n) is 10.4. The molecule has 0 bridgehead atoms. The number of ether oxygens (including phenoxy) is 1. The van der Waals surface area contributed by atoms with Crippen LogP contribution in [0.25, 0.3) is 0 Å². The van der Waals surface area contributed by atoms with Crippen molar-refractivity contribution in [3.05, 3.63) is 55.6 Å². The Morgan fingerprint density at radius 2 is 1.85 bits per heavy atom. The van der Waals surface area contributed by atoms with Crippen molar-refractivity contribution in [2.45, 2.75) is 0 Å². The lowest BCUT2D eigenvalue weighted by molar-refractivity contribution is 0.102. The zero-order valence-corrected chi connectivity index (χ0v) is 14.1. The first-order valence-electron chi connectivity index (χ1n) is 5.61. The van der Waals surface area contributed by atoms with Crippen LogP contribution in [0.4, 0.5) is 5.69 Å². The Morgan fingerprint density at radius 1 is 1.20 bits per heavy atom. The van der Waals surface area contributed by atoms with Gasteiger partial charge in [0.2, 0.25) is 0 Å². The molecule has 1 amide bonds. The van der Waals surface area contributed by atoms with Crippen LogP contribution in [0.15, 0.2) is 36.4 Å². The Kier molecular flexibility index (Phi) is 5.12. The Balaban J connectivity index is 2.31. The number of benzene rings is 2. The molecule has 1 N–H and O–H groups in total. The highest BCUT2D eigenvalue weighted by atomic mass is 127. The van der Waals surface area contributed by atoms with Gasteiger partial charge in [-0.1, -0.05) is 23.2 Å². The van der Waals surface area contributed by atoms with E-state index in [0.29, 0.717) is 27.0 Å². The van der Waals surface area contributed by atoms with Crippen molar-refractivity contribution in [1.29, 1.82) is 0 Å². The third kappa shape index (κ3) is 3.56. The topological polar surface area (TPSA) is 38.3 Å². The second-order valence-electron chi connectivity index (χ2n) is 3.93. The molecule has 0 aliphatic carbocycles. The fourth-order valence-corrected chi connectivity index (χ4v) is 2.60. The molecule has 0 spiro atoms. The number of hydrogen-bond acceptors (Lipinski definition) is 2. The summed E-state index contributed by atoms with van der Waals surface area (Å²) < 4.78 is 6.24. The third-order valence-electron chi connectivity index (χ3n) is 2.56. The summed E-state index contributed by atoms with van der Waals surface area (Å²) in [6, 6.07) is 10.5. The predicted molar refractivity (Wildman–Crippen MR) is 90.1 cm³/mol. The van der Waals surface area contributed by atoms with Gasteiger partial charge in [0, 0.05) is 14.3 Å². The number of anilines is 1. The molecule has 0 atom stereocenters. The molecule has 0 saturated heterocycles. The first kappa shape index (κ1) is 15.4. The first-order valence-corrected chi connectivity index (χ1v) is 7.44. The van der Waals surface area contributed by atoms with Crippen LogP contribution >= 0.6 is 45.8 Å². The van der Waals surface area contributed by atoms with Gasteiger partial charge in [-0.05, 0) is 59.0 Å². The summed E-state index contributed by atoms with van der Waals surface area (Å²) in [6.07, 6.45) is 0. The van der Waals surface area contributed by atoms with Gasteiger partial charge in [-0.15, -0.1) is 0 Å². The van der Waals surface area contributed by atoms with E-state index < -0.39 is 0 Å². The van der Waals surface area contributed by atoms with E-state index in [4.69, 9.17) is 27.9 Å². The second kappa shape index (κ2) is 6.65. The number of carbonyl (C=O) groups excluding carboxylic acids is 1. The van der Waals surface area contributed by atoms with Gasteiger partial charge in [-0.3, -0.25) is 4.79 Å². The quantitative estimate of drug-likeness (QED) is 0.718. The molecule has 0 saturated carbocycles. The van der Waals surface area contributed by atoms with Gasteiger partial charge in [0.15, 0.2) is 0 Å². The maximum atomic E-state index is 12.3. The van der Waals surface area contributed by atoms with Gasteiger partial charge in [-0.25, -0.2) is 0 Å². The van der Waals surface area contributed by atoms with Gasteiger partial charge in [-0.2, -0.15) is 0 Å². The number of amides is 1. The van der Waals surface area contributed by atoms with Crippen molar-refractivity contribution in [2.75, 3.05) is 12.4 Å². The lowest BCUT2D eigenvalue weighted by Crippen LogP contribution is -2.13. The number of halogens is 3. The van der Waals surface area contributed by atoms with E-state index >= 15 is 0 Å². The smallest absolute Gasteiger partial charge is 0.259 e. The molecule has 0 heterocycles. The minimum atomic E-state index is -0.326. The van der Waals surface area contributed by atoms with Crippen LogP contribution in [-0.2, 0) is 0 Å². The van der Waals surface area contributed by atoms with Crippen molar-refractivity contribution in [1.82, 2.24) is 0 Å². The molecule has 0 aliphatic rings. The molecule has 3 nitrogen and oxygen atoms in total. The predicted octanol–water partition coefficient (Wildman–Crippen LogP) is 4.86. The van der Waals surface area contributed by atoms with E-state index in [9.17, 15) is 4.79 Å². The van der Waals surface area contributed by atoms with Gasteiger partial charge in [0.05, 0.1) is 17.7 Å². The summed E-state index contributed by atoms with van der Waals surface area (Å²) >= 11 is 14.1. The van der Waals surface area contributed by atoms with E-state index in [1.165, 1.54) is 19.2 Å². The molecule has 0 fully saturated rings. The summed E-state index contributed by atoms with van der Waals surface area (Å²) in [7, 11) is 1.46. The Labute approximate surface area is 140 Å². The fraction of sp³-hybridized carbons (Fsp3) is 0.0714. The summed E-state index contributed by atoms with van der Waals surface area (Å²) in [5, 5.41) is 3.45. The highest BCUT2D eigenvalue weighted by molar-refractivity contribution is 14.1. The minimum absolute atomic E-state index is 0.295. The molecular formula is C14H10Cl2INO2. The molecule has 0 unspecified atom stereocenters. The van der Waals surface area contributed by atoms with Crippen LogP contribution in [0.2, 0.25) is 10.0 Å². The zero-order chi connectivity index (χ0) is 14.7. The number of methoxy groups -OCH3 is 1. The first-order chi connectivity index (χ1) is 9.51. The summed E-state index contributed by atoms with van der Waals surface area (Å²) in [5.74, 6) is -0.0217. The second-order valence-corrected chi connectivity index (χ2v) is 6.02.